The highest BCUT2D eigenvalue weighted by molar-refractivity contribution is 9.10. The van der Waals surface area contributed by atoms with Crippen LogP contribution in [0.1, 0.15) is 18.7 Å². The van der Waals surface area contributed by atoms with Crippen molar-refractivity contribution in [3.63, 3.8) is 0 Å². The maximum atomic E-state index is 12.2. The maximum absolute atomic E-state index is 12.2. The SMILES string of the molecule is CC(Nc1ccc(SC(F)(F)F)cc1)c1ccc(Br)o1. The fourth-order valence-corrected chi connectivity index (χ4v) is 2.49. The second-order valence-corrected chi connectivity index (χ2v) is 6.00. The number of furan rings is 1. The third-order valence-electron chi connectivity index (χ3n) is 2.49. The highest BCUT2D eigenvalue weighted by Crippen LogP contribution is 2.37. The normalized spacial score (nSPS) is 13.2. The van der Waals surface area contributed by atoms with Crippen LogP contribution in [0.5, 0.6) is 0 Å². The van der Waals surface area contributed by atoms with E-state index in [1.807, 2.05) is 13.0 Å². The standard InChI is InChI=1S/C13H11BrF3NOS/c1-8(11-6-7-12(14)19-11)18-9-2-4-10(5-3-9)20-13(15,16)17/h2-8,18H,1H3. The molecule has 0 bridgehead atoms. The third kappa shape index (κ3) is 4.49. The van der Waals surface area contributed by atoms with Crippen LogP contribution in [0.25, 0.3) is 0 Å². The maximum Gasteiger partial charge on any atom is 0.446 e. The van der Waals surface area contributed by atoms with E-state index in [9.17, 15) is 13.2 Å². The number of hydrogen-bond acceptors (Lipinski definition) is 3. The predicted octanol–water partition coefficient (Wildman–Crippen LogP) is 5.83. The van der Waals surface area contributed by atoms with Gasteiger partial charge in [-0.05, 0) is 71.0 Å². The quantitative estimate of drug-likeness (QED) is 0.690. The lowest BCUT2D eigenvalue weighted by Crippen LogP contribution is -2.05. The number of benzene rings is 1. The van der Waals surface area contributed by atoms with E-state index in [4.69, 9.17) is 4.42 Å². The number of thioether (sulfide) groups is 1. The Balaban J connectivity index is 2.00. The molecule has 1 atom stereocenters. The van der Waals surface area contributed by atoms with Gasteiger partial charge in [0.1, 0.15) is 5.76 Å². The molecule has 1 unspecified atom stereocenters. The minimum atomic E-state index is -4.26. The molecule has 1 N–H and O–H groups in total. The van der Waals surface area contributed by atoms with Crippen molar-refractivity contribution in [2.45, 2.75) is 23.4 Å². The van der Waals surface area contributed by atoms with Gasteiger partial charge in [-0.15, -0.1) is 0 Å². The Hall–Kier alpha value is -1.08. The van der Waals surface area contributed by atoms with Gasteiger partial charge in [0.25, 0.3) is 0 Å². The summed E-state index contributed by atoms with van der Waals surface area (Å²) in [6.45, 7) is 1.91. The van der Waals surface area contributed by atoms with Crippen LogP contribution in [0.2, 0.25) is 0 Å². The molecule has 1 aromatic heterocycles. The van der Waals surface area contributed by atoms with Crippen molar-refractivity contribution >= 4 is 33.4 Å². The topological polar surface area (TPSA) is 25.2 Å². The van der Waals surface area contributed by atoms with Gasteiger partial charge in [-0.1, -0.05) is 0 Å². The fraction of sp³-hybridized carbons (Fsp3) is 0.231. The number of halogens is 4. The second-order valence-electron chi connectivity index (χ2n) is 4.08. The highest BCUT2D eigenvalue weighted by atomic mass is 79.9. The minimum Gasteiger partial charge on any atom is -0.452 e. The Labute approximate surface area is 126 Å². The summed E-state index contributed by atoms with van der Waals surface area (Å²) in [7, 11) is 0. The fourth-order valence-electron chi connectivity index (χ4n) is 1.63. The van der Waals surface area contributed by atoms with Gasteiger partial charge in [0.2, 0.25) is 0 Å². The Kier molecular flexibility index (Phi) is 4.70. The number of rotatable bonds is 4. The molecular formula is C13H11BrF3NOS. The zero-order valence-corrected chi connectivity index (χ0v) is 12.8. The van der Waals surface area contributed by atoms with Crippen LogP contribution >= 0.6 is 27.7 Å². The Morgan fingerprint density at radius 3 is 2.30 bits per heavy atom. The van der Waals surface area contributed by atoms with E-state index in [-0.39, 0.29) is 22.7 Å². The first-order chi connectivity index (χ1) is 9.33. The lowest BCUT2D eigenvalue weighted by Gasteiger charge is -2.13. The average Bonchev–Trinajstić information content (AvgIpc) is 2.77. The average molecular weight is 366 g/mol. The lowest BCUT2D eigenvalue weighted by atomic mass is 10.2. The summed E-state index contributed by atoms with van der Waals surface area (Å²) in [5.41, 5.74) is -3.53. The van der Waals surface area contributed by atoms with E-state index in [1.54, 1.807) is 18.2 Å². The molecule has 0 amide bonds. The first-order valence-electron chi connectivity index (χ1n) is 5.71. The second kappa shape index (κ2) is 6.13. The van der Waals surface area contributed by atoms with Crippen LogP contribution in [-0.4, -0.2) is 5.51 Å². The minimum absolute atomic E-state index is 0.0811. The molecule has 108 valence electrons. The van der Waals surface area contributed by atoms with Gasteiger partial charge in [0.05, 0.1) is 6.04 Å². The van der Waals surface area contributed by atoms with Crippen molar-refractivity contribution in [3.8, 4) is 0 Å². The van der Waals surface area contributed by atoms with Crippen LogP contribution < -0.4 is 5.32 Å². The van der Waals surface area contributed by atoms with Gasteiger partial charge in [0, 0.05) is 10.6 Å². The van der Waals surface area contributed by atoms with E-state index >= 15 is 0 Å². The van der Waals surface area contributed by atoms with Crippen molar-refractivity contribution in [2.24, 2.45) is 0 Å². The molecule has 0 aliphatic rings. The molecule has 0 aliphatic carbocycles. The molecule has 0 saturated carbocycles. The molecule has 1 aromatic carbocycles. The Bertz CT molecular complexity index is 568. The van der Waals surface area contributed by atoms with E-state index in [2.05, 4.69) is 21.2 Å². The lowest BCUT2D eigenvalue weighted by molar-refractivity contribution is -0.0328. The van der Waals surface area contributed by atoms with E-state index in [1.165, 1.54) is 12.1 Å². The summed E-state index contributed by atoms with van der Waals surface area (Å²) in [6.07, 6.45) is 0. The summed E-state index contributed by atoms with van der Waals surface area (Å²) < 4.78 is 42.7. The van der Waals surface area contributed by atoms with Gasteiger partial charge >= 0.3 is 5.51 Å². The van der Waals surface area contributed by atoms with Gasteiger partial charge in [-0.3, -0.25) is 0 Å². The van der Waals surface area contributed by atoms with Gasteiger partial charge < -0.3 is 9.73 Å². The smallest absolute Gasteiger partial charge is 0.446 e. The molecule has 0 fully saturated rings. The number of alkyl halides is 3. The van der Waals surface area contributed by atoms with Gasteiger partial charge in [-0.25, -0.2) is 0 Å². The molecule has 2 nitrogen and oxygen atoms in total. The van der Waals surface area contributed by atoms with E-state index < -0.39 is 5.51 Å². The molecule has 2 rings (SSSR count). The van der Waals surface area contributed by atoms with Crippen LogP contribution in [0.4, 0.5) is 18.9 Å². The zero-order valence-electron chi connectivity index (χ0n) is 10.4. The van der Waals surface area contributed by atoms with Crippen LogP contribution in [0, 0.1) is 0 Å². The molecule has 0 spiro atoms. The van der Waals surface area contributed by atoms with E-state index in [0.717, 1.165) is 11.4 Å². The van der Waals surface area contributed by atoms with Crippen LogP contribution in [0.3, 0.4) is 0 Å². The molecule has 7 heteroatoms. The number of hydrogen-bond donors (Lipinski definition) is 1. The first-order valence-corrected chi connectivity index (χ1v) is 7.32. The Morgan fingerprint density at radius 2 is 1.80 bits per heavy atom. The molecular weight excluding hydrogens is 355 g/mol. The van der Waals surface area contributed by atoms with Crippen molar-refractivity contribution in [1.29, 1.82) is 0 Å². The summed E-state index contributed by atoms with van der Waals surface area (Å²) in [5.74, 6) is 0.741. The highest BCUT2D eigenvalue weighted by Gasteiger charge is 2.29. The van der Waals surface area contributed by atoms with Gasteiger partial charge in [0.15, 0.2) is 4.67 Å². The molecule has 20 heavy (non-hydrogen) atoms. The molecule has 0 saturated heterocycles. The summed E-state index contributed by atoms with van der Waals surface area (Å²) in [4.78, 5) is 0.163. The Morgan fingerprint density at radius 1 is 1.15 bits per heavy atom. The van der Waals surface area contributed by atoms with Crippen LogP contribution in [0.15, 0.2) is 50.4 Å². The number of anilines is 1. The molecule has 0 radical (unpaired) electrons. The monoisotopic (exact) mass is 365 g/mol. The van der Waals surface area contributed by atoms with Crippen molar-refractivity contribution in [1.82, 2.24) is 0 Å². The molecule has 0 aliphatic heterocycles. The first kappa shape index (κ1) is 15.3. The summed E-state index contributed by atoms with van der Waals surface area (Å²) >= 11 is 3.10. The molecule has 2 aromatic rings. The molecule has 1 heterocycles. The van der Waals surface area contributed by atoms with E-state index in [0.29, 0.717) is 4.67 Å². The number of nitrogens with one attached hydrogen (secondary N) is 1. The van der Waals surface area contributed by atoms with Gasteiger partial charge in [-0.2, -0.15) is 13.2 Å². The zero-order chi connectivity index (χ0) is 14.8. The van der Waals surface area contributed by atoms with Crippen LogP contribution in [-0.2, 0) is 0 Å². The summed E-state index contributed by atoms with van der Waals surface area (Å²) in [5, 5.41) is 3.16. The summed E-state index contributed by atoms with van der Waals surface area (Å²) in [6, 6.07) is 9.64. The van der Waals surface area contributed by atoms with Crippen molar-refractivity contribution in [3.05, 3.63) is 46.8 Å². The van der Waals surface area contributed by atoms with Crippen molar-refractivity contribution < 1.29 is 17.6 Å². The third-order valence-corrected chi connectivity index (χ3v) is 3.66. The predicted molar refractivity (Wildman–Crippen MR) is 76.8 cm³/mol. The largest absolute Gasteiger partial charge is 0.452 e. The van der Waals surface area contributed by atoms with Crippen molar-refractivity contribution in [2.75, 3.05) is 5.32 Å².